The van der Waals surface area contributed by atoms with Gasteiger partial charge in [-0.05, 0) is 42.8 Å². The lowest BCUT2D eigenvalue weighted by molar-refractivity contribution is 0.0601. The number of carbonyl (C=O) groups excluding carboxylic acids is 1. The van der Waals surface area contributed by atoms with Gasteiger partial charge in [0.1, 0.15) is 11.6 Å². The van der Waals surface area contributed by atoms with Crippen molar-refractivity contribution in [3.63, 3.8) is 0 Å². The molecule has 0 saturated heterocycles. The summed E-state index contributed by atoms with van der Waals surface area (Å²) in [6, 6.07) is 6.79. The first kappa shape index (κ1) is 20.3. The van der Waals surface area contributed by atoms with E-state index < -0.39 is 11.8 Å². The standard InChI is InChI=1S/C19H16Cl2FN3O3/c1-9(12-6-15(22)14(21)7-13(12)20)23-8-17-24-16-5-10(19(27)28-2)3-4-11(16)18(26)25-17/h3-7,9,23H,8H2,1-2H3,(H,24,25,26)/t9-/m0/s1. The van der Waals surface area contributed by atoms with Gasteiger partial charge >= 0.3 is 5.97 Å². The number of aromatic nitrogens is 2. The predicted molar refractivity (Wildman–Crippen MR) is 105 cm³/mol. The number of hydrogen-bond acceptors (Lipinski definition) is 5. The monoisotopic (exact) mass is 423 g/mol. The highest BCUT2D eigenvalue weighted by Gasteiger charge is 2.14. The third kappa shape index (κ3) is 4.16. The lowest BCUT2D eigenvalue weighted by Gasteiger charge is -2.16. The van der Waals surface area contributed by atoms with Crippen LogP contribution in [0.3, 0.4) is 0 Å². The Morgan fingerprint density at radius 2 is 2.04 bits per heavy atom. The van der Waals surface area contributed by atoms with Crippen LogP contribution in [0.5, 0.6) is 0 Å². The lowest BCUT2D eigenvalue weighted by Crippen LogP contribution is -2.22. The van der Waals surface area contributed by atoms with Crippen molar-refractivity contribution in [2.45, 2.75) is 19.5 Å². The summed E-state index contributed by atoms with van der Waals surface area (Å²) in [6.07, 6.45) is 0. The molecule has 9 heteroatoms. The number of nitrogens with one attached hydrogen (secondary N) is 2. The molecule has 1 atom stereocenters. The first-order valence-corrected chi connectivity index (χ1v) is 9.05. The quantitative estimate of drug-likeness (QED) is 0.478. The van der Waals surface area contributed by atoms with E-state index in [2.05, 4.69) is 20.0 Å². The number of ether oxygens (including phenoxy) is 1. The van der Waals surface area contributed by atoms with Crippen molar-refractivity contribution in [3.05, 3.63) is 73.5 Å². The fraction of sp³-hybridized carbons (Fsp3) is 0.211. The predicted octanol–water partition coefficient (Wildman–Crippen LogP) is 4.01. The van der Waals surface area contributed by atoms with Crippen LogP contribution >= 0.6 is 23.2 Å². The van der Waals surface area contributed by atoms with E-state index in [1.807, 2.05) is 0 Å². The van der Waals surface area contributed by atoms with Gasteiger partial charge in [0, 0.05) is 11.1 Å². The van der Waals surface area contributed by atoms with Gasteiger partial charge in [0.25, 0.3) is 5.56 Å². The molecule has 3 aromatic rings. The highest BCUT2D eigenvalue weighted by atomic mass is 35.5. The Morgan fingerprint density at radius 1 is 1.29 bits per heavy atom. The average molecular weight is 424 g/mol. The van der Waals surface area contributed by atoms with Gasteiger partial charge in [-0.2, -0.15) is 0 Å². The third-order valence-corrected chi connectivity index (χ3v) is 4.88. The van der Waals surface area contributed by atoms with Crippen LogP contribution in [0.1, 0.15) is 34.7 Å². The van der Waals surface area contributed by atoms with Gasteiger partial charge in [0.2, 0.25) is 0 Å². The molecule has 0 amide bonds. The zero-order chi connectivity index (χ0) is 20.4. The second-order valence-corrected chi connectivity index (χ2v) is 6.94. The van der Waals surface area contributed by atoms with Crippen molar-refractivity contribution >= 4 is 40.1 Å². The fourth-order valence-electron chi connectivity index (χ4n) is 2.75. The molecule has 0 saturated carbocycles. The number of H-pyrrole nitrogens is 1. The maximum atomic E-state index is 13.7. The number of esters is 1. The van der Waals surface area contributed by atoms with Crippen molar-refractivity contribution in [2.75, 3.05) is 7.11 Å². The van der Waals surface area contributed by atoms with E-state index in [0.29, 0.717) is 32.9 Å². The molecule has 0 aliphatic heterocycles. The Hall–Kier alpha value is -2.48. The van der Waals surface area contributed by atoms with Crippen molar-refractivity contribution in [2.24, 2.45) is 0 Å². The van der Waals surface area contributed by atoms with Gasteiger partial charge in [-0.3, -0.25) is 4.79 Å². The topological polar surface area (TPSA) is 84.1 Å². The molecule has 0 aliphatic carbocycles. The summed E-state index contributed by atoms with van der Waals surface area (Å²) in [5.74, 6) is -0.726. The smallest absolute Gasteiger partial charge is 0.337 e. The minimum absolute atomic E-state index is 0.0529. The molecule has 0 bridgehead atoms. The first-order chi connectivity index (χ1) is 13.3. The summed E-state index contributed by atoms with van der Waals surface area (Å²) in [5.41, 5.74) is 0.858. The Bertz CT molecular complexity index is 1120. The molecular formula is C19H16Cl2FN3O3. The number of hydrogen-bond donors (Lipinski definition) is 2. The lowest BCUT2D eigenvalue weighted by atomic mass is 10.1. The van der Waals surface area contributed by atoms with Crippen LogP contribution in [-0.4, -0.2) is 23.0 Å². The second-order valence-electron chi connectivity index (χ2n) is 6.13. The number of fused-ring (bicyclic) bond motifs is 1. The second kappa shape index (κ2) is 8.26. The molecule has 0 aliphatic rings. The molecule has 0 fully saturated rings. The minimum Gasteiger partial charge on any atom is -0.465 e. The van der Waals surface area contributed by atoms with Crippen LogP contribution in [0.25, 0.3) is 10.9 Å². The Morgan fingerprint density at radius 3 is 2.75 bits per heavy atom. The van der Waals surface area contributed by atoms with Crippen LogP contribution in [0.4, 0.5) is 4.39 Å². The van der Waals surface area contributed by atoms with Crippen LogP contribution in [0.15, 0.2) is 35.1 Å². The van der Waals surface area contributed by atoms with E-state index in [1.54, 1.807) is 6.92 Å². The molecule has 0 spiro atoms. The van der Waals surface area contributed by atoms with Crippen molar-refractivity contribution in [1.82, 2.24) is 15.3 Å². The molecular weight excluding hydrogens is 408 g/mol. The summed E-state index contributed by atoms with van der Waals surface area (Å²) in [7, 11) is 1.28. The Kier molecular flexibility index (Phi) is 5.98. The van der Waals surface area contributed by atoms with Gasteiger partial charge < -0.3 is 15.0 Å². The highest BCUT2D eigenvalue weighted by Crippen LogP contribution is 2.28. The van der Waals surface area contributed by atoms with Crippen LogP contribution in [0, 0.1) is 5.82 Å². The number of benzene rings is 2. The highest BCUT2D eigenvalue weighted by molar-refractivity contribution is 6.35. The normalized spacial score (nSPS) is 12.2. The van der Waals surface area contributed by atoms with Crippen LogP contribution < -0.4 is 10.9 Å². The fourth-order valence-corrected chi connectivity index (χ4v) is 3.29. The summed E-state index contributed by atoms with van der Waals surface area (Å²) >= 11 is 11.9. The van der Waals surface area contributed by atoms with Gasteiger partial charge in [-0.15, -0.1) is 0 Å². The molecule has 2 N–H and O–H groups in total. The maximum absolute atomic E-state index is 13.7. The molecule has 1 aromatic heterocycles. The molecule has 1 heterocycles. The van der Waals surface area contributed by atoms with Crippen molar-refractivity contribution in [1.29, 1.82) is 0 Å². The Balaban J connectivity index is 1.85. The average Bonchev–Trinajstić information content (AvgIpc) is 2.67. The summed E-state index contributed by atoms with van der Waals surface area (Å²) in [4.78, 5) is 31.0. The van der Waals surface area contributed by atoms with Crippen LogP contribution in [-0.2, 0) is 11.3 Å². The van der Waals surface area contributed by atoms with E-state index in [4.69, 9.17) is 23.2 Å². The largest absolute Gasteiger partial charge is 0.465 e. The molecule has 2 aromatic carbocycles. The summed E-state index contributed by atoms with van der Waals surface area (Å²) in [5, 5.41) is 3.75. The molecule has 0 unspecified atom stereocenters. The molecule has 3 rings (SSSR count). The number of methoxy groups -OCH3 is 1. The maximum Gasteiger partial charge on any atom is 0.337 e. The van der Waals surface area contributed by atoms with E-state index >= 15 is 0 Å². The number of carbonyl (C=O) groups is 1. The summed E-state index contributed by atoms with van der Waals surface area (Å²) < 4.78 is 18.4. The first-order valence-electron chi connectivity index (χ1n) is 8.29. The number of halogens is 3. The third-order valence-electron chi connectivity index (χ3n) is 4.26. The summed E-state index contributed by atoms with van der Waals surface area (Å²) in [6.45, 7) is 1.98. The van der Waals surface area contributed by atoms with Gasteiger partial charge in [-0.1, -0.05) is 23.2 Å². The van der Waals surface area contributed by atoms with Gasteiger partial charge in [0.05, 0.1) is 35.1 Å². The van der Waals surface area contributed by atoms with Crippen LogP contribution in [0.2, 0.25) is 10.0 Å². The van der Waals surface area contributed by atoms with E-state index in [1.165, 1.54) is 37.4 Å². The number of aromatic amines is 1. The number of nitrogens with zero attached hydrogens (tertiary/aromatic N) is 1. The van der Waals surface area contributed by atoms with E-state index in [9.17, 15) is 14.0 Å². The zero-order valence-corrected chi connectivity index (χ0v) is 16.5. The van der Waals surface area contributed by atoms with E-state index in [0.717, 1.165) is 0 Å². The zero-order valence-electron chi connectivity index (χ0n) is 15.0. The SMILES string of the molecule is COC(=O)c1ccc2c(=O)[nH]c(CN[C@@H](C)c3cc(F)c(Cl)cc3Cl)nc2c1. The number of rotatable bonds is 5. The van der Waals surface area contributed by atoms with Gasteiger partial charge in [-0.25, -0.2) is 14.2 Å². The minimum atomic E-state index is -0.567. The van der Waals surface area contributed by atoms with Crippen molar-refractivity contribution < 1.29 is 13.9 Å². The van der Waals surface area contributed by atoms with Crippen molar-refractivity contribution in [3.8, 4) is 0 Å². The molecule has 28 heavy (non-hydrogen) atoms. The molecule has 0 radical (unpaired) electrons. The Labute approximate surface area is 169 Å². The van der Waals surface area contributed by atoms with Gasteiger partial charge in [0.15, 0.2) is 0 Å². The molecule has 6 nitrogen and oxygen atoms in total. The molecule has 146 valence electrons. The van der Waals surface area contributed by atoms with E-state index in [-0.39, 0.29) is 23.2 Å².